The molecule has 1 aromatic heterocycles. The Balaban J connectivity index is 1.71. The summed E-state index contributed by atoms with van der Waals surface area (Å²) in [5.41, 5.74) is 3.43. The SMILES string of the molecule is Clc1cc2ccccc2c2sc3c(N(c4ccccc4)c4ccccc4)cccc3c12. The van der Waals surface area contributed by atoms with Gasteiger partial charge in [-0.15, -0.1) is 11.3 Å². The molecule has 5 aromatic carbocycles. The quantitative estimate of drug-likeness (QED) is 0.267. The van der Waals surface area contributed by atoms with Crippen LogP contribution in [-0.4, -0.2) is 0 Å². The molecule has 0 radical (unpaired) electrons. The van der Waals surface area contributed by atoms with E-state index >= 15 is 0 Å². The first-order valence-corrected chi connectivity index (χ1v) is 11.4. The molecule has 0 fully saturated rings. The highest BCUT2D eigenvalue weighted by Gasteiger charge is 2.19. The fourth-order valence-corrected chi connectivity index (χ4v) is 6.06. The molecule has 0 atom stereocenters. The van der Waals surface area contributed by atoms with Crippen molar-refractivity contribution in [1.82, 2.24) is 0 Å². The van der Waals surface area contributed by atoms with Gasteiger partial charge in [-0.05, 0) is 47.2 Å². The third-order valence-corrected chi connectivity index (χ3v) is 7.25. The number of para-hydroxylation sites is 2. The second kappa shape index (κ2) is 7.42. The molecule has 0 N–H and O–H groups in total. The van der Waals surface area contributed by atoms with Crippen molar-refractivity contribution in [2.24, 2.45) is 0 Å². The second-order valence-electron chi connectivity index (χ2n) is 7.55. The Morgan fingerprint density at radius 3 is 1.90 bits per heavy atom. The summed E-state index contributed by atoms with van der Waals surface area (Å²) in [4.78, 5) is 2.33. The minimum absolute atomic E-state index is 0.808. The first kappa shape index (κ1) is 18.4. The molecule has 0 bridgehead atoms. The summed E-state index contributed by atoms with van der Waals surface area (Å²) < 4.78 is 2.48. The third kappa shape index (κ3) is 2.99. The van der Waals surface area contributed by atoms with Crippen molar-refractivity contribution in [3.05, 3.63) is 114 Å². The predicted molar refractivity (Wildman–Crippen MR) is 137 cm³/mol. The Hall–Kier alpha value is -3.33. The van der Waals surface area contributed by atoms with Gasteiger partial charge in [-0.2, -0.15) is 0 Å². The van der Waals surface area contributed by atoms with E-state index in [-0.39, 0.29) is 0 Å². The molecule has 0 spiro atoms. The number of hydrogen-bond acceptors (Lipinski definition) is 2. The Kier molecular flexibility index (Phi) is 4.41. The number of hydrogen-bond donors (Lipinski definition) is 0. The molecule has 31 heavy (non-hydrogen) atoms. The van der Waals surface area contributed by atoms with Crippen LogP contribution in [-0.2, 0) is 0 Å². The van der Waals surface area contributed by atoms with Gasteiger partial charge in [-0.1, -0.05) is 84.4 Å². The lowest BCUT2D eigenvalue weighted by atomic mass is 10.1. The maximum atomic E-state index is 6.82. The molecule has 0 unspecified atom stereocenters. The molecule has 3 heteroatoms. The van der Waals surface area contributed by atoms with Gasteiger partial charge in [0.1, 0.15) is 0 Å². The van der Waals surface area contributed by atoms with Crippen LogP contribution in [0.4, 0.5) is 17.1 Å². The monoisotopic (exact) mass is 435 g/mol. The van der Waals surface area contributed by atoms with E-state index < -0.39 is 0 Å². The number of anilines is 3. The molecule has 1 nitrogen and oxygen atoms in total. The van der Waals surface area contributed by atoms with Gasteiger partial charge in [0.2, 0.25) is 0 Å². The second-order valence-corrected chi connectivity index (χ2v) is 8.97. The van der Waals surface area contributed by atoms with Gasteiger partial charge in [0, 0.05) is 26.8 Å². The van der Waals surface area contributed by atoms with Gasteiger partial charge >= 0.3 is 0 Å². The molecule has 0 aliphatic heterocycles. The number of fused-ring (bicyclic) bond motifs is 5. The molecule has 0 saturated heterocycles. The fraction of sp³-hybridized carbons (Fsp3) is 0. The smallest absolute Gasteiger partial charge is 0.0640 e. The number of halogens is 1. The average Bonchev–Trinajstić information content (AvgIpc) is 3.22. The van der Waals surface area contributed by atoms with Crippen molar-refractivity contribution in [1.29, 1.82) is 0 Å². The van der Waals surface area contributed by atoms with E-state index in [1.807, 2.05) is 11.3 Å². The van der Waals surface area contributed by atoms with Crippen LogP contribution in [0.25, 0.3) is 30.9 Å². The zero-order valence-corrected chi connectivity index (χ0v) is 18.2. The van der Waals surface area contributed by atoms with Crippen LogP contribution >= 0.6 is 22.9 Å². The third-order valence-electron chi connectivity index (χ3n) is 5.69. The van der Waals surface area contributed by atoms with Crippen molar-refractivity contribution in [3.8, 4) is 0 Å². The lowest BCUT2D eigenvalue weighted by Crippen LogP contribution is -2.09. The summed E-state index contributed by atoms with van der Waals surface area (Å²) in [6.45, 7) is 0. The van der Waals surface area contributed by atoms with Crippen LogP contribution in [0.2, 0.25) is 5.02 Å². The van der Waals surface area contributed by atoms with Gasteiger partial charge < -0.3 is 4.90 Å². The Labute approximate surface area is 189 Å². The first-order valence-electron chi connectivity index (χ1n) is 10.2. The standard InChI is InChI=1S/C28H18ClNS/c29-24-18-19-10-7-8-15-22(19)28-26(24)23-16-9-17-25(27(23)31-28)30(20-11-3-1-4-12-20)21-13-5-2-6-14-21/h1-18H. The van der Waals surface area contributed by atoms with Gasteiger partial charge in [-0.25, -0.2) is 0 Å². The van der Waals surface area contributed by atoms with Crippen molar-refractivity contribution in [3.63, 3.8) is 0 Å². The van der Waals surface area contributed by atoms with Crippen LogP contribution in [0.3, 0.4) is 0 Å². The molecule has 0 amide bonds. The summed E-state index contributed by atoms with van der Waals surface area (Å²) in [7, 11) is 0. The molecule has 1 heterocycles. The van der Waals surface area contributed by atoms with Crippen LogP contribution in [0.5, 0.6) is 0 Å². The lowest BCUT2D eigenvalue weighted by molar-refractivity contribution is 1.30. The Bertz CT molecular complexity index is 1500. The van der Waals surface area contributed by atoms with Crippen molar-refractivity contribution >= 4 is 70.9 Å². The van der Waals surface area contributed by atoms with Gasteiger partial charge in [-0.3, -0.25) is 0 Å². The van der Waals surface area contributed by atoms with Gasteiger partial charge in [0.15, 0.2) is 0 Å². The summed E-state index contributed by atoms with van der Waals surface area (Å²) in [6.07, 6.45) is 0. The highest BCUT2D eigenvalue weighted by molar-refractivity contribution is 7.27. The minimum Gasteiger partial charge on any atom is -0.309 e. The van der Waals surface area contributed by atoms with Crippen molar-refractivity contribution in [2.75, 3.05) is 4.90 Å². The maximum absolute atomic E-state index is 6.82. The first-order chi connectivity index (χ1) is 15.3. The van der Waals surface area contributed by atoms with E-state index in [9.17, 15) is 0 Å². The molecule has 0 saturated carbocycles. The molecule has 6 aromatic rings. The van der Waals surface area contributed by atoms with E-state index in [0.29, 0.717) is 0 Å². The molecular weight excluding hydrogens is 418 g/mol. The summed E-state index contributed by atoms with van der Waals surface area (Å²) >= 11 is 8.64. The highest BCUT2D eigenvalue weighted by atomic mass is 35.5. The topological polar surface area (TPSA) is 3.24 Å². The van der Waals surface area contributed by atoms with Crippen LogP contribution in [0, 0.1) is 0 Å². The summed E-state index contributed by atoms with van der Waals surface area (Å²) in [6, 6.07) is 38.2. The lowest BCUT2D eigenvalue weighted by Gasteiger charge is -2.25. The summed E-state index contributed by atoms with van der Waals surface area (Å²) in [5, 5.41) is 5.58. The number of thiophene rings is 1. The summed E-state index contributed by atoms with van der Waals surface area (Å²) in [5.74, 6) is 0. The maximum Gasteiger partial charge on any atom is 0.0640 e. The molecule has 148 valence electrons. The molecule has 6 rings (SSSR count). The average molecular weight is 436 g/mol. The normalized spacial score (nSPS) is 11.4. The zero-order chi connectivity index (χ0) is 20.8. The van der Waals surface area contributed by atoms with Crippen molar-refractivity contribution in [2.45, 2.75) is 0 Å². The Morgan fingerprint density at radius 2 is 1.19 bits per heavy atom. The minimum atomic E-state index is 0.808. The van der Waals surface area contributed by atoms with Gasteiger partial charge in [0.25, 0.3) is 0 Å². The van der Waals surface area contributed by atoms with E-state index in [1.54, 1.807) is 0 Å². The van der Waals surface area contributed by atoms with Crippen LogP contribution in [0.1, 0.15) is 0 Å². The van der Waals surface area contributed by atoms with E-state index in [1.165, 1.54) is 25.6 Å². The highest BCUT2D eigenvalue weighted by Crippen LogP contribution is 2.48. The number of rotatable bonds is 3. The van der Waals surface area contributed by atoms with E-state index in [4.69, 9.17) is 11.6 Å². The molecular formula is C28H18ClNS. The van der Waals surface area contributed by atoms with Crippen LogP contribution in [0.15, 0.2) is 109 Å². The Morgan fingerprint density at radius 1 is 0.581 bits per heavy atom. The van der Waals surface area contributed by atoms with Crippen molar-refractivity contribution < 1.29 is 0 Å². The van der Waals surface area contributed by atoms with E-state index in [2.05, 4.69) is 114 Å². The van der Waals surface area contributed by atoms with Gasteiger partial charge in [0.05, 0.1) is 15.4 Å². The fourth-order valence-electron chi connectivity index (χ4n) is 4.33. The largest absolute Gasteiger partial charge is 0.309 e. The van der Waals surface area contributed by atoms with Crippen LogP contribution < -0.4 is 4.90 Å². The number of nitrogens with zero attached hydrogens (tertiary/aromatic N) is 1. The van der Waals surface area contributed by atoms with E-state index in [0.717, 1.165) is 27.5 Å². The zero-order valence-electron chi connectivity index (χ0n) is 16.6. The predicted octanol–water partition coefficient (Wildman–Crippen LogP) is 9.33. The molecule has 0 aliphatic rings. The number of benzene rings is 5. The molecule has 0 aliphatic carbocycles.